The van der Waals surface area contributed by atoms with Crippen LogP contribution in [-0.2, 0) is 0 Å². The lowest BCUT2D eigenvalue weighted by molar-refractivity contribution is 0.371. The third kappa shape index (κ3) is 3.43. The average Bonchev–Trinajstić information content (AvgIpc) is 2.83. The number of ether oxygens (including phenoxy) is 2. The first-order valence-corrected chi connectivity index (χ1v) is 11.2. The van der Waals surface area contributed by atoms with E-state index in [4.69, 9.17) is 9.47 Å². The summed E-state index contributed by atoms with van der Waals surface area (Å²) in [5.41, 5.74) is 1.68. The van der Waals surface area contributed by atoms with Gasteiger partial charge >= 0.3 is 0 Å². The highest BCUT2D eigenvalue weighted by atomic mass is 19.2. The van der Waals surface area contributed by atoms with Crippen LogP contribution in [0.1, 0.15) is 43.0 Å². The summed E-state index contributed by atoms with van der Waals surface area (Å²) in [5, 5.41) is 13.8. The molecule has 0 bridgehead atoms. The van der Waals surface area contributed by atoms with Crippen LogP contribution in [0.5, 0.6) is 17.2 Å². The van der Waals surface area contributed by atoms with Gasteiger partial charge in [0.05, 0.1) is 23.8 Å². The fraction of sp³-hybridized carbons (Fsp3) is 0.214. The molecule has 2 aliphatic rings. The van der Waals surface area contributed by atoms with Crippen LogP contribution in [0.25, 0.3) is 28.5 Å². The van der Waals surface area contributed by atoms with Gasteiger partial charge in [-0.2, -0.15) is 0 Å². The zero-order chi connectivity index (χ0) is 26.1. The van der Waals surface area contributed by atoms with Gasteiger partial charge in [-0.15, -0.1) is 0 Å². The number of phenols is 1. The molecule has 2 heterocycles. The van der Waals surface area contributed by atoms with Gasteiger partial charge in [0.15, 0.2) is 34.8 Å². The predicted octanol–water partition coefficient (Wildman–Crippen LogP) is 7.43. The summed E-state index contributed by atoms with van der Waals surface area (Å²) in [6, 6.07) is 6.47. The number of hydrogen-bond acceptors (Lipinski definition) is 4. The van der Waals surface area contributed by atoms with Crippen LogP contribution < -0.4 is 14.8 Å². The summed E-state index contributed by atoms with van der Waals surface area (Å²) in [7, 11) is 1.40. The van der Waals surface area contributed by atoms with Crippen molar-refractivity contribution in [2.75, 3.05) is 12.4 Å². The predicted molar refractivity (Wildman–Crippen MR) is 131 cm³/mol. The summed E-state index contributed by atoms with van der Waals surface area (Å²) in [6.45, 7) is 6.84. The van der Waals surface area contributed by atoms with E-state index in [2.05, 4.69) is 5.32 Å². The lowest BCUT2D eigenvalue weighted by atomic mass is 9.82. The van der Waals surface area contributed by atoms with Gasteiger partial charge in [-0.25, -0.2) is 17.6 Å². The van der Waals surface area contributed by atoms with E-state index in [-0.39, 0.29) is 28.5 Å². The second-order valence-electron chi connectivity index (χ2n) is 9.48. The van der Waals surface area contributed by atoms with Crippen LogP contribution in [0.4, 0.5) is 23.2 Å². The number of allylic oxidation sites excluding steroid dienone is 1. The Kier molecular flexibility index (Phi) is 5.32. The van der Waals surface area contributed by atoms with Crippen LogP contribution >= 0.6 is 0 Å². The van der Waals surface area contributed by atoms with E-state index in [0.29, 0.717) is 22.3 Å². The highest BCUT2D eigenvalue weighted by molar-refractivity contribution is 6.02. The maximum Gasteiger partial charge on any atom is 0.172 e. The lowest BCUT2D eigenvalue weighted by Gasteiger charge is -2.35. The second kappa shape index (κ2) is 8.05. The molecule has 0 unspecified atom stereocenters. The molecule has 0 saturated heterocycles. The molecular weight excluding hydrogens is 474 g/mol. The molecule has 3 aromatic carbocycles. The topological polar surface area (TPSA) is 50.7 Å². The molecule has 36 heavy (non-hydrogen) atoms. The summed E-state index contributed by atoms with van der Waals surface area (Å²) >= 11 is 0. The lowest BCUT2D eigenvalue weighted by Crippen LogP contribution is -2.32. The van der Waals surface area contributed by atoms with Crippen molar-refractivity contribution >= 4 is 23.1 Å². The molecule has 0 amide bonds. The Morgan fingerprint density at radius 3 is 2.22 bits per heavy atom. The van der Waals surface area contributed by atoms with Crippen LogP contribution in [0.2, 0.25) is 0 Å². The van der Waals surface area contributed by atoms with Gasteiger partial charge in [0.2, 0.25) is 0 Å². The van der Waals surface area contributed by atoms with Crippen molar-refractivity contribution in [3.8, 4) is 28.4 Å². The zero-order valence-corrected chi connectivity index (χ0v) is 20.2. The first-order valence-electron chi connectivity index (χ1n) is 11.2. The van der Waals surface area contributed by atoms with Crippen molar-refractivity contribution in [2.24, 2.45) is 0 Å². The molecule has 0 fully saturated rings. The first-order chi connectivity index (χ1) is 16.9. The maximum atomic E-state index is 14.9. The molecule has 0 aliphatic carbocycles. The second-order valence-corrected chi connectivity index (χ2v) is 9.48. The summed E-state index contributed by atoms with van der Waals surface area (Å²) in [5.74, 6) is -5.73. The van der Waals surface area contributed by atoms with Gasteiger partial charge < -0.3 is 19.9 Å². The summed E-state index contributed by atoms with van der Waals surface area (Å²) < 4.78 is 70.0. The molecule has 0 saturated carbocycles. The van der Waals surface area contributed by atoms with Gasteiger partial charge in [0.1, 0.15) is 11.5 Å². The van der Waals surface area contributed by atoms with E-state index in [1.54, 1.807) is 6.07 Å². The molecule has 4 nitrogen and oxygen atoms in total. The van der Waals surface area contributed by atoms with Crippen molar-refractivity contribution in [3.63, 3.8) is 0 Å². The van der Waals surface area contributed by atoms with Gasteiger partial charge in [-0.05, 0) is 57.5 Å². The number of methoxy groups -OCH3 is 1. The first kappa shape index (κ1) is 23.8. The number of aromatic hydroxyl groups is 1. The normalized spacial score (nSPS) is 16.4. The molecule has 8 heteroatoms. The minimum Gasteiger partial charge on any atom is -0.504 e. The number of hydrogen-bond donors (Lipinski definition) is 2. The molecular formula is C28H23F4NO3. The van der Waals surface area contributed by atoms with Gasteiger partial charge in [0.25, 0.3) is 0 Å². The van der Waals surface area contributed by atoms with Gasteiger partial charge in [-0.1, -0.05) is 12.1 Å². The molecule has 2 N–H and O–H groups in total. The van der Waals surface area contributed by atoms with Crippen LogP contribution in [-0.4, -0.2) is 17.8 Å². The monoisotopic (exact) mass is 497 g/mol. The Hall–Kier alpha value is -3.94. The number of nitrogens with one attached hydrogen (secondary N) is 1. The third-order valence-electron chi connectivity index (χ3n) is 6.46. The molecule has 3 aromatic rings. The Bertz CT molecular complexity index is 1490. The van der Waals surface area contributed by atoms with E-state index in [1.807, 2.05) is 32.9 Å². The quantitative estimate of drug-likeness (QED) is 0.286. The van der Waals surface area contributed by atoms with Gasteiger partial charge in [0, 0.05) is 27.9 Å². The van der Waals surface area contributed by atoms with Crippen molar-refractivity contribution in [3.05, 3.63) is 75.9 Å². The van der Waals surface area contributed by atoms with Crippen LogP contribution in [0.3, 0.4) is 0 Å². The number of phenolic OH excluding ortho intramolecular Hbond substituents is 1. The minimum atomic E-state index is -1.52. The third-order valence-corrected chi connectivity index (χ3v) is 6.46. The number of halogens is 4. The van der Waals surface area contributed by atoms with Gasteiger partial charge in [-0.3, -0.25) is 0 Å². The molecule has 0 atom stereocenters. The summed E-state index contributed by atoms with van der Waals surface area (Å²) in [6.07, 6.45) is 2.96. The molecule has 0 radical (unpaired) electrons. The minimum absolute atomic E-state index is 0.0168. The van der Waals surface area contributed by atoms with E-state index < -0.39 is 34.4 Å². The van der Waals surface area contributed by atoms with E-state index in [1.165, 1.54) is 19.2 Å². The van der Waals surface area contributed by atoms with Crippen molar-refractivity contribution < 1.29 is 32.1 Å². The molecule has 0 aromatic heterocycles. The summed E-state index contributed by atoms with van der Waals surface area (Å²) in [4.78, 5) is 0. The Morgan fingerprint density at radius 1 is 0.917 bits per heavy atom. The molecule has 186 valence electrons. The zero-order valence-electron chi connectivity index (χ0n) is 20.2. The van der Waals surface area contributed by atoms with E-state index >= 15 is 0 Å². The number of benzene rings is 3. The van der Waals surface area contributed by atoms with E-state index in [9.17, 15) is 22.7 Å². The SMILES string of the molecule is COc1c(O)ccc2c1-c1ccc3c(c1/C(=C/c1c(F)c(F)c(C)c(F)c1F)O2)C(C)=CC(C)(C)N3. The highest BCUT2D eigenvalue weighted by Gasteiger charge is 2.34. The molecule has 5 rings (SSSR count). The Labute approximate surface area is 205 Å². The van der Waals surface area contributed by atoms with Crippen molar-refractivity contribution in [1.29, 1.82) is 0 Å². The fourth-order valence-electron chi connectivity index (χ4n) is 4.96. The smallest absolute Gasteiger partial charge is 0.172 e. The fourth-order valence-corrected chi connectivity index (χ4v) is 4.96. The van der Waals surface area contributed by atoms with Crippen LogP contribution in [0, 0.1) is 30.2 Å². The van der Waals surface area contributed by atoms with Crippen LogP contribution in [0.15, 0.2) is 30.3 Å². The molecule has 2 aliphatic heterocycles. The maximum absolute atomic E-state index is 14.9. The number of anilines is 1. The highest BCUT2D eigenvalue weighted by Crippen LogP contribution is 2.54. The standard InChI is InChI=1S/C28H23F4NO3/c1-12-11-28(3,4)33-16-7-6-14-21(20(12)16)19(36-18-9-8-17(34)27(35-5)22(14)18)10-15-25(31)23(29)13(2)24(30)26(15)32/h6-11,33-34H,1-5H3/b19-10-. The largest absolute Gasteiger partial charge is 0.504 e. The number of fused-ring (bicyclic) bond motifs is 5. The van der Waals surface area contributed by atoms with E-state index in [0.717, 1.165) is 24.3 Å². The Morgan fingerprint density at radius 2 is 1.58 bits per heavy atom. The van der Waals surface area contributed by atoms with Crippen molar-refractivity contribution in [1.82, 2.24) is 0 Å². The Balaban J connectivity index is 1.88. The molecule has 0 spiro atoms. The number of rotatable bonds is 2. The van der Waals surface area contributed by atoms with Crippen molar-refractivity contribution in [2.45, 2.75) is 33.2 Å². The average molecular weight is 497 g/mol.